The first kappa shape index (κ1) is 19.4. The van der Waals surface area contributed by atoms with E-state index in [-0.39, 0.29) is 28.9 Å². The van der Waals surface area contributed by atoms with Gasteiger partial charge in [0.25, 0.3) is 5.91 Å². The topological polar surface area (TPSA) is 67.9 Å². The molecule has 0 radical (unpaired) electrons. The molecule has 2 aliphatic rings. The van der Waals surface area contributed by atoms with Crippen molar-refractivity contribution >= 4 is 17.7 Å². The summed E-state index contributed by atoms with van der Waals surface area (Å²) in [5, 5.41) is 2.52. The van der Waals surface area contributed by atoms with Crippen LogP contribution in [0.1, 0.15) is 56.5 Å². The molecule has 0 bridgehead atoms. The van der Waals surface area contributed by atoms with Crippen molar-refractivity contribution in [3.63, 3.8) is 0 Å². The Labute approximate surface area is 156 Å². The van der Waals surface area contributed by atoms with E-state index in [0.717, 1.165) is 12.8 Å². The number of anilines is 1. The number of hydrogen-bond donors (Lipinski definition) is 1. The number of fused-ring (bicyclic) bond motifs is 1. The number of alkyl halides is 2. The molecular formula is C19H24F2N2O4. The fourth-order valence-corrected chi connectivity index (χ4v) is 3.28. The summed E-state index contributed by atoms with van der Waals surface area (Å²) in [6.45, 7) is 4.35. The van der Waals surface area contributed by atoms with Crippen molar-refractivity contribution in [2.24, 2.45) is 5.92 Å². The summed E-state index contributed by atoms with van der Waals surface area (Å²) in [6, 6.07) is 2.87. The third-order valence-electron chi connectivity index (χ3n) is 4.66. The van der Waals surface area contributed by atoms with E-state index in [1.54, 1.807) is 31.7 Å². The molecule has 1 atom stereocenters. The van der Waals surface area contributed by atoms with Gasteiger partial charge in [0.1, 0.15) is 11.4 Å². The lowest BCUT2D eigenvalue weighted by Gasteiger charge is -2.24. The first-order valence-electron chi connectivity index (χ1n) is 8.98. The van der Waals surface area contributed by atoms with Crippen molar-refractivity contribution in [2.75, 3.05) is 5.32 Å². The molecule has 1 fully saturated rings. The summed E-state index contributed by atoms with van der Waals surface area (Å²) in [5.74, 6) is -0.102. The molecule has 0 spiro atoms. The zero-order valence-electron chi connectivity index (χ0n) is 15.8. The number of rotatable bonds is 5. The van der Waals surface area contributed by atoms with E-state index in [1.165, 1.54) is 6.07 Å². The Morgan fingerprint density at radius 1 is 1.30 bits per heavy atom. The van der Waals surface area contributed by atoms with Crippen LogP contribution in [0.3, 0.4) is 0 Å². The van der Waals surface area contributed by atoms with E-state index < -0.39 is 18.3 Å². The van der Waals surface area contributed by atoms with E-state index in [9.17, 15) is 18.4 Å². The van der Waals surface area contributed by atoms with Gasteiger partial charge >= 0.3 is 12.7 Å². The molecule has 2 amide bonds. The maximum atomic E-state index is 12.9. The third kappa shape index (κ3) is 4.48. The van der Waals surface area contributed by atoms with Crippen LogP contribution in [0.5, 0.6) is 5.75 Å². The van der Waals surface area contributed by atoms with Crippen molar-refractivity contribution in [3.8, 4) is 5.75 Å². The second-order valence-corrected chi connectivity index (χ2v) is 8.02. The summed E-state index contributed by atoms with van der Waals surface area (Å²) < 4.78 is 35.5. The maximum Gasteiger partial charge on any atom is 0.412 e. The Hall–Kier alpha value is -2.38. The lowest BCUT2D eigenvalue weighted by molar-refractivity contribution is -0.0501. The molecule has 6 nitrogen and oxygen atoms in total. The molecule has 1 aromatic carbocycles. The quantitative estimate of drug-likeness (QED) is 0.820. The SMILES string of the molecule is C[C@@H](C1CC1)N1Cc2cc(NC(=O)OC(C)(C)C)cc(OC(F)F)c2C1=O. The van der Waals surface area contributed by atoms with E-state index in [1.807, 2.05) is 6.92 Å². The predicted octanol–water partition coefficient (Wildman–Crippen LogP) is 4.39. The fraction of sp³-hybridized carbons (Fsp3) is 0.579. The van der Waals surface area contributed by atoms with Gasteiger partial charge in [0.2, 0.25) is 0 Å². The molecule has 0 aromatic heterocycles. The van der Waals surface area contributed by atoms with Gasteiger partial charge in [-0.15, -0.1) is 0 Å². The molecule has 1 saturated carbocycles. The van der Waals surface area contributed by atoms with E-state index in [2.05, 4.69) is 10.1 Å². The average molecular weight is 382 g/mol. The number of nitrogens with one attached hydrogen (secondary N) is 1. The summed E-state index contributed by atoms with van der Waals surface area (Å²) >= 11 is 0. The highest BCUT2D eigenvalue weighted by molar-refractivity contribution is 6.02. The Morgan fingerprint density at radius 2 is 1.96 bits per heavy atom. The smallest absolute Gasteiger partial charge is 0.412 e. The van der Waals surface area contributed by atoms with Crippen molar-refractivity contribution in [3.05, 3.63) is 23.3 Å². The number of ether oxygens (including phenoxy) is 2. The molecule has 1 heterocycles. The third-order valence-corrected chi connectivity index (χ3v) is 4.66. The molecule has 0 saturated heterocycles. The van der Waals surface area contributed by atoms with Gasteiger partial charge in [-0.05, 0) is 58.1 Å². The lowest BCUT2D eigenvalue weighted by Crippen LogP contribution is -2.34. The zero-order chi connectivity index (χ0) is 19.9. The highest BCUT2D eigenvalue weighted by Gasteiger charge is 2.40. The van der Waals surface area contributed by atoms with Crippen LogP contribution in [0.25, 0.3) is 0 Å². The average Bonchev–Trinajstić information content (AvgIpc) is 3.28. The van der Waals surface area contributed by atoms with Crippen molar-refractivity contribution in [1.29, 1.82) is 0 Å². The monoisotopic (exact) mass is 382 g/mol. The molecule has 3 rings (SSSR count). The van der Waals surface area contributed by atoms with Crippen LogP contribution in [0, 0.1) is 5.92 Å². The largest absolute Gasteiger partial charge is 0.444 e. The number of carbonyl (C=O) groups excluding carboxylic acids is 2. The highest BCUT2D eigenvalue weighted by atomic mass is 19.3. The first-order valence-corrected chi connectivity index (χ1v) is 8.98. The van der Waals surface area contributed by atoms with Gasteiger partial charge in [-0.3, -0.25) is 10.1 Å². The van der Waals surface area contributed by atoms with Gasteiger partial charge in [0.15, 0.2) is 0 Å². The lowest BCUT2D eigenvalue weighted by atomic mass is 10.1. The Morgan fingerprint density at radius 3 is 2.52 bits per heavy atom. The van der Waals surface area contributed by atoms with Gasteiger partial charge < -0.3 is 14.4 Å². The molecule has 1 N–H and O–H groups in total. The number of hydrogen-bond acceptors (Lipinski definition) is 4. The Bertz CT molecular complexity index is 757. The minimum Gasteiger partial charge on any atom is -0.444 e. The van der Waals surface area contributed by atoms with E-state index >= 15 is 0 Å². The van der Waals surface area contributed by atoms with Crippen molar-refractivity contribution in [2.45, 2.75) is 65.3 Å². The van der Waals surface area contributed by atoms with Gasteiger partial charge in [-0.1, -0.05) is 0 Å². The second kappa shape index (κ2) is 6.98. The van der Waals surface area contributed by atoms with Crippen LogP contribution in [0.4, 0.5) is 19.3 Å². The van der Waals surface area contributed by atoms with Crippen LogP contribution < -0.4 is 10.1 Å². The van der Waals surface area contributed by atoms with Gasteiger partial charge in [0, 0.05) is 24.3 Å². The van der Waals surface area contributed by atoms with Gasteiger partial charge in [-0.25, -0.2) is 4.79 Å². The fourth-order valence-electron chi connectivity index (χ4n) is 3.28. The maximum absolute atomic E-state index is 12.9. The number of carbonyl (C=O) groups is 2. The van der Waals surface area contributed by atoms with E-state index in [0.29, 0.717) is 18.0 Å². The summed E-state index contributed by atoms with van der Waals surface area (Å²) in [6.07, 6.45) is 1.42. The minimum absolute atomic E-state index is 0.0339. The molecule has 1 aliphatic carbocycles. The molecule has 8 heteroatoms. The van der Waals surface area contributed by atoms with Crippen LogP contribution in [-0.2, 0) is 11.3 Å². The highest BCUT2D eigenvalue weighted by Crippen LogP contribution is 2.41. The van der Waals surface area contributed by atoms with Crippen molar-refractivity contribution < 1.29 is 27.8 Å². The number of nitrogens with zero attached hydrogens (tertiary/aromatic N) is 1. The normalized spacial score (nSPS) is 17.7. The number of benzene rings is 1. The summed E-state index contributed by atoms with van der Waals surface area (Å²) in [4.78, 5) is 26.5. The molecule has 27 heavy (non-hydrogen) atoms. The molecule has 1 aromatic rings. The first-order chi connectivity index (χ1) is 12.5. The number of halogens is 2. The Kier molecular flexibility index (Phi) is 5.01. The molecule has 148 valence electrons. The van der Waals surface area contributed by atoms with Crippen LogP contribution >= 0.6 is 0 Å². The Balaban J connectivity index is 1.88. The van der Waals surface area contributed by atoms with Crippen LogP contribution in [-0.4, -0.2) is 35.2 Å². The van der Waals surface area contributed by atoms with E-state index in [4.69, 9.17) is 4.74 Å². The standard InChI is InChI=1S/C19H24F2N2O4/c1-10(11-5-6-11)23-9-12-7-13(22-18(25)27-19(2,3)4)8-14(26-17(20)21)15(12)16(23)24/h7-8,10-11,17H,5-6,9H2,1-4H3,(H,22,25)/t10-/m0/s1. The van der Waals surface area contributed by atoms with Crippen LogP contribution in [0.15, 0.2) is 12.1 Å². The van der Waals surface area contributed by atoms with Gasteiger partial charge in [-0.2, -0.15) is 8.78 Å². The summed E-state index contributed by atoms with van der Waals surface area (Å²) in [5.41, 5.74) is 0.233. The predicted molar refractivity (Wildman–Crippen MR) is 95.0 cm³/mol. The van der Waals surface area contributed by atoms with Gasteiger partial charge in [0.05, 0.1) is 5.56 Å². The minimum atomic E-state index is -3.08. The van der Waals surface area contributed by atoms with Crippen LogP contribution in [0.2, 0.25) is 0 Å². The second-order valence-electron chi connectivity index (χ2n) is 8.02. The summed E-state index contributed by atoms with van der Waals surface area (Å²) in [7, 11) is 0. The molecule has 1 aliphatic heterocycles. The molecular weight excluding hydrogens is 358 g/mol. The van der Waals surface area contributed by atoms with Crippen molar-refractivity contribution in [1.82, 2.24) is 4.90 Å². The molecule has 0 unspecified atom stereocenters. The number of amides is 2. The zero-order valence-corrected chi connectivity index (χ0v) is 15.8.